The number of nitrogens with zero attached hydrogens (tertiary/aromatic N) is 2. The Morgan fingerprint density at radius 2 is 1.96 bits per heavy atom. The molecule has 1 aliphatic heterocycles. The Labute approximate surface area is 150 Å². The molecule has 4 nitrogen and oxygen atoms in total. The monoisotopic (exact) mass is 339 g/mol. The van der Waals surface area contributed by atoms with E-state index < -0.39 is 0 Å². The van der Waals surface area contributed by atoms with Crippen LogP contribution in [-0.4, -0.2) is 34.9 Å². The van der Waals surface area contributed by atoms with E-state index in [-0.39, 0.29) is 0 Å². The van der Waals surface area contributed by atoms with Gasteiger partial charge in [0, 0.05) is 18.2 Å². The number of pyridine rings is 1. The molecule has 2 heterocycles. The lowest BCUT2D eigenvalue weighted by Crippen LogP contribution is -2.42. The fourth-order valence-corrected chi connectivity index (χ4v) is 6.21. The lowest BCUT2D eigenvalue weighted by molar-refractivity contribution is -0.137. The van der Waals surface area contributed by atoms with Crippen molar-refractivity contribution in [3.8, 4) is 0 Å². The van der Waals surface area contributed by atoms with Crippen LogP contribution in [0.2, 0.25) is 0 Å². The zero-order chi connectivity index (χ0) is 16.8. The molecular weight excluding hydrogens is 310 g/mol. The quantitative estimate of drug-likeness (QED) is 0.917. The molecule has 25 heavy (non-hydrogen) atoms. The summed E-state index contributed by atoms with van der Waals surface area (Å²) in [7, 11) is 0. The molecule has 1 aromatic heterocycles. The average molecular weight is 339 g/mol. The number of carbonyl (C=O) groups is 1. The molecule has 0 radical (unpaired) electrons. The maximum absolute atomic E-state index is 13.5. The lowest BCUT2D eigenvalue weighted by Gasteiger charge is -2.32. The van der Waals surface area contributed by atoms with Gasteiger partial charge in [0.15, 0.2) is 0 Å². The summed E-state index contributed by atoms with van der Waals surface area (Å²) in [5, 5.41) is 3.49. The molecule has 3 aliphatic carbocycles. The highest BCUT2D eigenvalue weighted by atomic mass is 16.2. The van der Waals surface area contributed by atoms with Gasteiger partial charge in [-0.15, -0.1) is 0 Å². The highest BCUT2D eigenvalue weighted by Crippen LogP contribution is 2.69. The molecule has 5 atom stereocenters. The van der Waals surface area contributed by atoms with Crippen molar-refractivity contribution < 1.29 is 4.79 Å². The molecule has 2 bridgehead atoms. The molecule has 0 spiro atoms. The second kappa shape index (κ2) is 6.39. The summed E-state index contributed by atoms with van der Waals surface area (Å²) >= 11 is 0. The molecule has 4 heteroatoms. The number of hydrogen-bond donors (Lipinski definition) is 1. The van der Waals surface area contributed by atoms with Gasteiger partial charge in [-0.05, 0) is 87.4 Å². The summed E-state index contributed by atoms with van der Waals surface area (Å²) in [6.45, 7) is 2.80. The van der Waals surface area contributed by atoms with E-state index in [1.165, 1.54) is 25.7 Å². The molecule has 1 N–H and O–H groups in total. The number of hydrogen-bond acceptors (Lipinski definition) is 3. The third-order valence-corrected chi connectivity index (χ3v) is 7.35. The largest absolute Gasteiger partial charge is 0.334 e. The molecule has 4 fully saturated rings. The number of nitrogens with one attached hydrogen (secondary N) is 1. The van der Waals surface area contributed by atoms with E-state index in [1.54, 1.807) is 0 Å². The van der Waals surface area contributed by atoms with Crippen molar-refractivity contribution in [1.82, 2.24) is 15.2 Å². The SMILES string of the molecule is O=C(C1C2C3CCC(C3)C12)N(Cc1ccccn1)C1CCCNCC1. The van der Waals surface area contributed by atoms with Gasteiger partial charge in [-0.2, -0.15) is 0 Å². The zero-order valence-corrected chi connectivity index (χ0v) is 14.9. The molecular formula is C21H29N3O. The Morgan fingerprint density at radius 1 is 1.12 bits per heavy atom. The maximum Gasteiger partial charge on any atom is 0.226 e. The van der Waals surface area contributed by atoms with Crippen LogP contribution in [0, 0.1) is 29.6 Å². The third-order valence-electron chi connectivity index (χ3n) is 7.35. The van der Waals surface area contributed by atoms with Gasteiger partial charge >= 0.3 is 0 Å². The summed E-state index contributed by atoms with van der Waals surface area (Å²) in [6.07, 6.45) is 9.38. The van der Waals surface area contributed by atoms with E-state index >= 15 is 0 Å². The smallest absolute Gasteiger partial charge is 0.226 e. The molecule has 1 amide bonds. The summed E-state index contributed by atoms with van der Waals surface area (Å²) in [5.74, 6) is 3.95. The Balaban J connectivity index is 1.36. The normalized spacial score (nSPS) is 38.9. The van der Waals surface area contributed by atoms with Gasteiger partial charge in [0.2, 0.25) is 5.91 Å². The van der Waals surface area contributed by atoms with Crippen LogP contribution in [0.4, 0.5) is 0 Å². The first-order valence-electron chi connectivity index (χ1n) is 10.2. The van der Waals surface area contributed by atoms with Crippen molar-refractivity contribution in [2.24, 2.45) is 29.6 Å². The van der Waals surface area contributed by atoms with Crippen molar-refractivity contribution in [2.45, 2.75) is 51.1 Å². The predicted octanol–water partition coefficient (Wildman–Crippen LogP) is 2.84. The third kappa shape index (κ3) is 2.79. The highest BCUT2D eigenvalue weighted by molar-refractivity contribution is 5.83. The van der Waals surface area contributed by atoms with Gasteiger partial charge < -0.3 is 10.2 Å². The van der Waals surface area contributed by atoms with Crippen molar-refractivity contribution in [3.63, 3.8) is 0 Å². The van der Waals surface area contributed by atoms with Crippen LogP contribution in [0.25, 0.3) is 0 Å². The van der Waals surface area contributed by atoms with Crippen molar-refractivity contribution in [3.05, 3.63) is 30.1 Å². The second-order valence-electron chi connectivity index (χ2n) is 8.64. The van der Waals surface area contributed by atoms with Gasteiger partial charge in [0.1, 0.15) is 0 Å². The van der Waals surface area contributed by atoms with Crippen LogP contribution in [0.1, 0.15) is 44.2 Å². The van der Waals surface area contributed by atoms with Crippen molar-refractivity contribution >= 4 is 5.91 Å². The van der Waals surface area contributed by atoms with Crippen LogP contribution in [0.5, 0.6) is 0 Å². The van der Waals surface area contributed by atoms with Crippen LogP contribution >= 0.6 is 0 Å². The first kappa shape index (κ1) is 15.8. The van der Waals surface area contributed by atoms with Gasteiger partial charge in [0.05, 0.1) is 12.2 Å². The first-order chi connectivity index (χ1) is 12.3. The Hall–Kier alpha value is -1.42. The van der Waals surface area contributed by atoms with Crippen molar-refractivity contribution in [2.75, 3.05) is 13.1 Å². The number of amides is 1. The number of rotatable bonds is 4. The summed E-state index contributed by atoms with van der Waals surface area (Å²) < 4.78 is 0. The topological polar surface area (TPSA) is 45.2 Å². The highest BCUT2D eigenvalue weighted by Gasteiger charge is 2.68. The number of aromatic nitrogens is 1. The molecule has 0 aromatic carbocycles. The first-order valence-corrected chi connectivity index (χ1v) is 10.2. The zero-order valence-electron chi connectivity index (χ0n) is 14.9. The molecule has 134 valence electrons. The van der Waals surface area contributed by atoms with E-state index in [2.05, 4.69) is 21.3 Å². The minimum Gasteiger partial charge on any atom is -0.334 e. The van der Waals surface area contributed by atoms with Gasteiger partial charge in [-0.1, -0.05) is 6.07 Å². The number of fused-ring (bicyclic) bond motifs is 5. The molecule has 5 unspecified atom stereocenters. The minimum atomic E-state index is 0.339. The minimum absolute atomic E-state index is 0.339. The van der Waals surface area contributed by atoms with Crippen LogP contribution < -0.4 is 5.32 Å². The van der Waals surface area contributed by atoms with Crippen LogP contribution in [0.15, 0.2) is 24.4 Å². The molecule has 1 aromatic rings. The molecule has 5 rings (SSSR count). The van der Waals surface area contributed by atoms with Crippen molar-refractivity contribution in [1.29, 1.82) is 0 Å². The fraction of sp³-hybridized carbons (Fsp3) is 0.714. The maximum atomic E-state index is 13.5. The predicted molar refractivity (Wildman–Crippen MR) is 96.6 cm³/mol. The van der Waals surface area contributed by atoms with Gasteiger partial charge in [-0.25, -0.2) is 0 Å². The van der Waals surface area contributed by atoms with E-state index in [1.807, 2.05) is 18.3 Å². The van der Waals surface area contributed by atoms with Gasteiger partial charge in [-0.3, -0.25) is 9.78 Å². The Kier molecular flexibility index (Phi) is 4.04. The standard InChI is InChI=1S/C21H29N3O/c25-21(20-18-14-6-7-15(12-14)19(18)20)24(13-16-4-1-2-10-23-16)17-5-3-9-22-11-8-17/h1-2,4,10,14-15,17-20,22H,3,5-9,11-13H2. The van der Waals surface area contributed by atoms with E-state index in [9.17, 15) is 4.79 Å². The van der Waals surface area contributed by atoms with E-state index in [4.69, 9.17) is 0 Å². The fourth-order valence-electron chi connectivity index (χ4n) is 6.21. The average Bonchev–Trinajstić information content (AvgIpc) is 3.22. The lowest BCUT2D eigenvalue weighted by atomic mass is 9.99. The van der Waals surface area contributed by atoms with Crippen LogP contribution in [0.3, 0.4) is 0 Å². The number of carbonyl (C=O) groups excluding carboxylic acids is 1. The van der Waals surface area contributed by atoms with E-state index in [0.717, 1.165) is 55.3 Å². The van der Waals surface area contributed by atoms with Crippen LogP contribution in [-0.2, 0) is 11.3 Å². The summed E-state index contributed by atoms with van der Waals surface area (Å²) in [6, 6.07) is 6.43. The van der Waals surface area contributed by atoms with E-state index in [0.29, 0.717) is 24.4 Å². The second-order valence-corrected chi connectivity index (χ2v) is 8.64. The molecule has 1 saturated heterocycles. The summed E-state index contributed by atoms with van der Waals surface area (Å²) in [5.41, 5.74) is 1.03. The Morgan fingerprint density at radius 3 is 2.72 bits per heavy atom. The Bertz CT molecular complexity index is 609. The molecule has 3 saturated carbocycles. The van der Waals surface area contributed by atoms with Gasteiger partial charge in [0.25, 0.3) is 0 Å². The summed E-state index contributed by atoms with van der Waals surface area (Å²) in [4.78, 5) is 20.3. The molecule has 4 aliphatic rings.